The Labute approximate surface area is 113 Å². The molecule has 0 aliphatic heterocycles. The lowest BCUT2D eigenvalue weighted by Crippen LogP contribution is -2.38. The summed E-state index contributed by atoms with van der Waals surface area (Å²) in [5.41, 5.74) is 6.60. The van der Waals surface area contributed by atoms with Crippen LogP contribution in [0.1, 0.15) is 12.5 Å². The smallest absolute Gasteiger partial charge is 0.243 e. The van der Waals surface area contributed by atoms with Crippen LogP contribution < -0.4 is 11.1 Å². The molecule has 106 valence electrons. The molecule has 0 atom stereocenters. The van der Waals surface area contributed by atoms with E-state index in [9.17, 15) is 13.2 Å². The summed E-state index contributed by atoms with van der Waals surface area (Å²) in [5.74, 6) is -0.338. The fourth-order valence-corrected chi connectivity index (χ4v) is 3.00. The van der Waals surface area contributed by atoms with Crippen molar-refractivity contribution >= 4 is 21.6 Å². The second kappa shape index (κ2) is 6.03. The molecule has 0 bridgehead atoms. The Bertz CT molecular complexity index is 570. The highest BCUT2D eigenvalue weighted by atomic mass is 32.2. The number of sulfonamides is 1. The molecule has 0 aliphatic carbocycles. The zero-order valence-corrected chi connectivity index (χ0v) is 12.1. The van der Waals surface area contributed by atoms with Gasteiger partial charge in [-0.2, -0.15) is 4.31 Å². The van der Waals surface area contributed by atoms with E-state index in [1.54, 1.807) is 26.0 Å². The van der Waals surface area contributed by atoms with Crippen LogP contribution in [0.3, 0.4) is 0 Å². The van der Waals surface area contributed by atoms with E-state index in [1.807, 2.05) is 0 Å². The molecule has 0 heterocycles. The average molecular weight is 285 g/mol. The van der Waals surface area contributed by atoms with E-state index in [4.69, 9.17) is 5.73 Å². The Morgan fingerprint density at radius 1 is 1.42 bits per heavy atom. The van der Waals surface area contributed by atoms with Crippen molar-refractivity contribution in [2.45, 2.75) is 18.7 Å². The summed E-state index contributed by atoms with van der Waals surface area (Å²) in [7, 11) is -2.34. The number of hydrogen-bond donors (Lipinski definition) is 2. The minimum Gasteiger partial charge on any atom is -0.398 e. The molecule has 1 amide bonds. The number of nitrogens with one attached hydrogen (secondary N) is 1. The number of likely N-dealkylation sites (N-methyl/N-ethyl adjacent to an activating group) is 2. The molecule has 7 heteroatoms. The first-order valence-corrected chi connectivity index (χ1v) is 7.32. The minimum atomic E-state index is -3.71. The van der Waals surface area contributed by atoms with E-state index in [1.165, 1.54) is 13.1 Å². The molecule has 0 unspecified atom stereocenters. The highest BCUT2D eigenvalue weighted by molar-refractivity contribution is 7.89. The van der Waals surface area contributed by atoms with Crippen LogP contribution in [-0.4, -0.2) is 38.8 Å². The molecule has 0 saturated heterocycles. The Morgan fingerprint density at radius 2 is 2.05 bits per heavy atom. The van der Waals surface area contributed by atoms with Gasteiger partial charge in [0.25, 0.3) is 0 Å². The van der Waals surface area contributed by atoms with E-state index in [2.05, 4.69) is 5.32 Å². The Kier molecular flexibility index (Phi) is 4.90. The van der Waals surface area contributed by atoms with Crippen LogP contribution in [0.4, 0.5) is 5.69 Å². The summed E-state index contributed by atoms with van der Waals surface area (Å²) < 4.78 is 25.7. The lowest BCUT2D eigenvalue weighted by Gasteiger charge is -2.18. The highest BCUT2D eigenvalue weighted by Crippen LogP contribution is 2.22. The van der Waals surface area contributed by atoms with Crippen LogP contribution in [0, 0.1) is 6.92 Å². The van der Waals surface area contributed by atoms with Gasteiger partial charge in [0.2, 0.25) is 15.9 Å². The molecule has 1 aromatic rings. The number of nitrogen functional groups attached to an aromatic ring is 1. The van der Waals surface area contributed by atoms with Crippen molar-refractivity contribution in [3.05, 3.63) is 23.8 Å². The Hall–Kier alpha value is -1.60. The van der Waals surface area contributed by atoms with E-state index in [0.717, 1.165) is 4.31 Å². The maximum Gasteiger partial charge on any atom is 0.243 e. The first-order chi connectivity index (χ1) is 8.80. The third kappa shape index (κ3) is 3.45. The first kappa shape index (κ1) is 15.5. The van der Waals surface area contributed by atoms with Crippen molar-refractivity contribution in [1.29, 1.82) is 0 Å². The van der Waals surface area contributed by atoms with Crippen LogP contribution in [0.5, 0.6) is 0 Å². The topological polar surface area (TPSA) is 92.5 Å². The summed E-state index contributed by atoms with van der Waals surface area (Å²) in [5, 5.41) is 2.56. The highest BCUT2D eigenvalue weighted by Gasteiger charge is 2.24. The molecule has 1 aromatic carbocycles. The molecule has 19 heavy (non-hydrogen) atoms. The van der Waals surface area contributed by atoms with Crippen molar-refractivity contribution in [2.24, 2.45) is 0 Å². The fraction of sp³-hybridized carbons (Fsp3) is 0.417. The fourth-order valence-electron chi connectivity index (χ4n) is 1.62. The summed E-state index contributed by atoms with van der Waals surface area (Å²) in [4.78, 5) is 11.6. The number of anilines is 1. The number of carbonyl (C=O) groups is 1. The molecule has 6 nitrogen and oxygen atoms in total. The van der Waals surface area contributed by atoms with Crippen LogP contribution in [-0.2, 0) is 14.8 Å². The third-order valence-electron chi connectivity index (χ3n) is 2.75. The van der Waals surface area contributed by atoms with Gasteiger partial charge < -0.3 is 11.1 Å². The first-order valence-electron chi connectivity index (χ1n) is 5.88. The van der Waals surface area contributed by atoms with Crippen molar-refractivity contribution in [1.82, 2.24) is 9.62 Å². The van der Waals surface area contributed by atoms with Gasteiger partial charge in [-0.1, -0.05) is 6.07 Å². The molecule has 0 aliphatic rings. The van der Waals surface area contributed by atoms with Crippen LogP contribution in [0.15, 0.2) is 23.1 Å². The molecule has 0 saturated carbocycles. The van der Waals surface area contributed by atoms with E-state index in [0.29, 0.717) is 17.8 Å². The zero-order valence-electron chi connectivity index (χ0n) is 11.3. The van der Waals surface area contributed by atoms with E-state index < -0.39 is 10.0 Å². The monoisotopic (exact) mass is 285 g/mol. The second-order valence-corrected chi connectivity index (χ2v) is 6.20. The molecule has 0 aromatic heterocycles. The quantitative estimate of drug-likeness (QED) is 0.763. The van der Waals surface area contributed by atoms with Gasteiger partial charge in [0.15, 0.2) is 0 Å². The largest absolute Gasteiger partial charge is 0.398 e. The average Bonchev–Trinajstić information content (AvgIpc) is 2.32. The van der Waals surface area contributed by atoms with Gasteiger partial charge >= 0.3 is 0 Å². The molecular weight excluding hydrogens is 266 g/mol. The van der Waals surface area contributed by atoms with E-state index >= 15 is 0 Å². The number of rotatable bonds is 5. The number of nitrogens with zero attached hydrogens (tertiary/aromatic N) is 1. The number of carbonyl (C=O) groups excluding carboxylic acids is 1. The number of amides is 1. The predicted molar refractivity (Wildman–Crippen MR) is 74.1 cm³/mol. The van der Waals surface area contributed by atoms with Gasteiger partial charge in [-0.25, -0.2) is 8.42 Å². The lowest BCUT2D eigenvalue weighted by atomic mass is 10.2. The maximum atomic E-state index is 12.3. The van der Waals surface area contributed by atoms with Gasteiger partial charge in [0.05, 0.1) is 11.4 Å². The SMILES string of the molecule is CCNC(=O)CN(C)S(=O)(=O)c1cccc(N)c1C. The summed E-state index contributed by atoms with van der Waals surface area (Å²) in [6.45, 7) is 3.66. The zero-order chi connectivity index (χ0) is 14.6. The second-order valence-electron chi connectivity index (χ2n) is 4.18. The van der Waals surface area contributed by atoms with Crippen molar-refractivity contribution in [2.75, 3.05) is 25.9 Å². The summed E-state index contributed by atoms with van der Waals surface area (Å²) >= 11 is 0. The molecule has 0 radical (unpaired) electrons. The Morgan fingerprint density at radius 3 is 2.63 bits per heavy atom. The summed E-state index contributed by atoms with van der Waals surface area (Å²) in [6.07, 6.45) is 0. The van der Waals surface area contributed by atoms with Gasteiger partial charge in [0.1, 0.15) is 0 Å². The molecule has 3 N–H and O–H groups in total. The Balaban J connectivity index is 3.04. The summed E-state index contributed by atoms with van der Waals surface area (Å²) in [6, 6.07) is 4.70. The number of hydrogen-bond acceptors (Lipinski definition) is 4. The lowest BCUT2D eigenvalue weighted by molar-refractivity contribution is -0.121. The predicted octanol–water partition coefficient (Wildman–Crippen LogP) is 0.334. The molecular formula is C12H19N3O3S. The molecule has 0 spiro atoms. The normalized spacial score (nSPS) is 11.6. The maximum absolute atomic E-state index is 12.3. The minimum absolute atomic E-state index is 0.124. The molecule has 0 fully saturated rings. The van der Waals surface area contributed by atoms with E-state index in [-0.39, 0.29) is 17.3 Å². The van der Waals surface area contributed by atoms with Gasteiger partial charge in [-0.3, -0.25) is 4.79 Å². The van der Waals surface area contributed by atoms with Gasteiger partial charge in [0, 0.05) is 19.3 Å². The van der Waals surface area contributed by atoms with Gasteiger partial charge in [-0.15, -0.1) is 0 Å². The van der Waals surface area contributed by atoms with Crippen LogP contribution >= 0.6 is 0 Å². The molecule has 1 rings (SSSR count). The van der Waals surface area contributed by atoms with Crippen molar-refractivity contribution in [3.63, 3.8) is 0 Å². The van der Waals surface area contributed by atoms with Crippen LogP contribution in [0.25, 0.3) is 0 Å². The van der Waals surface area contributed by atoms with Crippen molar-refractivity contribution < 1.29 is 13.2 Å². The van der Waals surface area contributed by atoms with Gasteiger partial charge in [-0.05, 0) is 31.5 Å². The number of nitrogens with two attached hydrogens (primary N) is 1. The van der Waals surface area contributed by atoms with Crippen molar-refractivity contribution in [3.8, 4) is 0 Å². The number of benzene rings is 1. The van der Waals surface area contributed by atoms with Crippen LogP contribution in [0.2, 0.25) is 0 Å². The standard InChI is InChI=1S/C12H19N3O3S/c1-4-14-12(16)8-15(3)19(17,18)11-7-5-6-10(13)9(11)2/h5-7H,4,8,13H2,1-3H3,(H,14,16). The third-order valence-corrected chi connectivity index (χ3v) is 4.70.